The topological polar surface area (TPSA) is 105 Å². The molecule has 0 aliphatic carbocycles. The summed E-state index contributed by atoms with van der Waals surface area (Å²) in [5, 5.41) is 0. The van der Waals surface area contributed by atoms with Crippen molar-refractivity contribution in [1.82, 2.24) is 0 Å². The van der Waals surface area contributed by atoms with E-state index in [1.54, 1.807) is 0 Å². The first-order valence-electron chi connectivity index (χ1n) is 13.3. The van der Waals surface area contributed by atoms with Crippen molar-refractivity contribution in [3.8, 4) is 17.2 Å². The molecule has 0 unspecified atom stereocenters. The lowest BCUT2D eigenvalue weighted by Crippen LogP contribution is -2.16. The van der Waals surface area contributed by atoms with E-state index in [1.165, 1.54) is 12.1 Å². The molecule has 0 spiro atoms. The fraction of sp³-hybridized carbons (Fsp3) is 0.643. The molecule has 0 aromatic heterocycles. The summed E-state index contributed by atoms with van der Waals surface area (Å²) < 4.78 is 21.8. The van der Waals surface area contributed by atoms with Gasteiger partial charge in [-0.3, -0.25) is 14.4 Å². The molecule has 8 nitrogen and oxygen atoms in total. The molecule has 1 rings (SSSR count). The molecule has 0 amide bonds. The van der Waals surface area contributed by atoms with Crippen LogP contribution in [0.1, 0.15) is 122 Å². The Labute approximate surface area is 215 Å². The zero-order valence-electron chi connectivity index (χ0n) is 22.3. The van der Waals surface area contributed by atoms with Crippen LogP contribution >= 0.6 is 0 Å². The molecule has 8 heteroatoms. The largest absolute Gasteiger partial charge is 0.462 e. The van der Waals surface area contributed by atoms with Crippen molar-refractivity contribution in [3.05, 3.63) is 17.7 Å². The normalized spacial score (nSPS) is 10.6. The highest BCUT2D eigenvalue weighted by atomic mass is 16.6. The number of carbonyl (C=O) groups excluding carboxylic acids is 4. The molecule has 0 bridgehead atoms. The zero-order chi connectivity index (χ0) is 26.8. The quantitative estimate of drug-likeness (QED) is 0.123. The van der Waals surface area contributed by atoms with Crippen LogP contribution in [0.5, 0.6) is 17.2 Å². The van der Waals surface area contributed by atoms with Crippen molar-refractivity contribution in [2.24, 2.45) is 0 Å². The number of rotatable bonds is 18. The summed E-state index contributed by atoms with van der Waals surface area (Å²) in [4.78, 5) is 50.2. The van der Waals surface area contributed by atoms with Gasteiger partial charge in [0.25, 0.3) is 0 Å². The van der Waals surface area contributed by atoms with E-state index >= 15 is 0 Å². The summed E-state index contributed by atoms with van der Waals surface area (Å²) in [6.45, 7) is 8.13. The van der Waals surface area contributed by atoms with Gasteiger partial charge in [-0.05, 0) is 37.8 Å². The molecule has 1 aromatic rings. The minimum atomic E-state index is -0.663. The maximum Gasteiger partial charge on any atom is 0.338 e. The van der Waals surface area contributed by atoms with Gasteiger partial charge in [0.2, 0.25) is 5.75 Å². The Kier molecular flexibility index (Phi) is 15.9. The second-order valence-electron chi connectivity index (χ2n) is 8.73. The number of benzene rings is 1. The summed E-state index contributed by atoms with van der Waals surface area (Å²) >= 11 is 0. The monoisotopic (exact) mass is 506 g/mol. The average Bonchev–Trinajstić information content (AvgIpc) is 2.84. The Morgan fingerprint density at radius 2 is 1.00 bits per heavy atom. The van der Waals surface area contributed by atoms with Gasteiger partial charge in [-0.25, -0.2) is 4.79 Å². The Morgan fingerprint density at radius 1 is 0.583 bits per heavy atom. The molecule has 0 fully saturated rings. The second kappa shape index (κ2) is 18.4. The van der Waals surface area contributed by atoms with Gasteiger partial charge in [-0.1, -0.05) is 66.2 Å². The number of carbonyl (C=O) groups is 4. The molecule has 0 heterocycles. The maximum absolute atomic E-state index is 12.6. The maximum atomic E-state index is 12.6. The molecular weight excluding hydrogens is 464 g/mol. The van der Waals surface area contributed by atoms with E-state index in [1.807, 2.05) is 27.7 Å². The van der Waals surface area contributed by atoms with Gasteiger partial charge in [0.1, 0.15) is 0 Å². The highest BCUT2D eigenvalue weighted by Gasteiger charge is 2.25. The van der Waals surface area contributed by atoms with Crippen LogP contribution in [0.2, 0.25) is 0 Å². The van der Waals surface area contributed by atoms with Gasteiger partial charge < -0.3 is 18.9 Å². The van der Waals surface area contributed by atoms with Gasteiger partial charge in [-0.2, -0.15) is 0 Å². The molecule has 202 valence electrons. The van der Waals surface area contributed by atoms with Crippen molar-refractivity contribution >= 4 is 23.9 Å². The highest BCUT2D eigenvalue weighted by Crippen LogP contribution is 2.40. The van der Waals surface area contributed by atoms with Crippen LogP contribution < -0.4 is 14.2 Å². The smallest absolute Gasteiger partial charge is 0.338 e. The van der Waals surface area contributed by atoms with Crippen LogP contribution in [0.4, 0.5) is 0 Å². The number of esters is 4. The molecule has 36 heavy (non-hydrogen) atoms. The fourth-order valence-electron chi connectivity index (χ4n) is 3.30. The molecule has 0 saturated carbocycles. The Morgan fingerprint density at radius 3 is 1.39 bits per heavy atom. The third-order valence-corrected chi connectivity index (χ3v) is 5.31. The van der Waals surface area contributed by atoms with Crippen LogP contribution in [0.25, 0.3) is 0 Å². The van der Waals surface area contributed by atoms with Gasteiger partial charge in [-0.15, -0.1) is 0 Å². The lowest BCUT2D eigenvalue weighted by molar-refractivity contribution is -0.138. The molecule has 0 atom stereocenters. The summed E-state index contributed by atoms with van der Waals surface area (Å²) in [6.07, 6.45) is 8.39. The highest BCUT2D eigenvalue weighted by molar-refractivity contribution is 5.92. The molecule has 0 aliphatic heterocycles. The molecule has 0 N–H and O–H groups in total. The van der Waals surface area contributed by atoms with Gasteiger partial charge in [0, 0.05) is 19.3 Å². The number of unbranched alkanes of at least 4 members (excludes halogenated alkanes) is 6. The van der Waals surface area contributed by atoms with Crippen LogP contribution in [0, 0.1) is 0 Å². The predicted octanol–water partition coefficient (Wildman–Crippen LogP) is 6.71. The van der Waals surface area contributed by atoms with E-state index in [2.05, 4.69) is 0 Å². The molecular formula is C28H42O8. The first-order valence-corrected chi connectivity index (χ1v) is 13.3. The van der Waals surface area contributed by atoms with Crippen LogP contribution in [0.3, 0.4) is 0 Å². The predicted molar refractivity (Wildman–Crippen MR) is 136 cm³/mol. The Bertz CT molecular complexity index is 801. The van der Waals surface area contributed by atoms with E-state index in [0.717, 1.165) is 38.5 Å². The lowest BCUT2D eigenvalue weighted by atomic mass is 10.1. The number of ether oxygens (including phenoxy) is 4. The first kappa shape index (κ1) is 31.1. The number of hydrogen-bond acceptors (Lipinski definition) is 8. The molecule has 0 radical (unpaired) electrons. The Balaban J connectivity index is 3.36. The third kappa shape index (κ3) is 12.2. The zero-order valence-corrected chi connectivity index (χ0v) is 22.3. The van der Waals surface area contributed by atoms with E-state index in [9.17, 15) is 19.2 Å². The third-order valence-electron chi connectivity index (χ3n) is 5.31. The first-order chi connectivity index (χ1) is 17.4. The molecule has 0 saturated heterocycles. The lowest BCUT2D eigenvalue weighted by Gasteiger charge is -2.16. The summed E-state index contributed by atoms with van der Waals surface area (Å²) in [5.74, 6) is -2.76. The van der Waals surface area contributed by atoms with E-state index in [-0.39, 0.29) is 48.7 Å². The minimum Gasteiger partial charge on any atom is -0.462 e. The van der Waals surface area contributed by atoms with Crippen LogP contribution in [-0.4, -0.2) is 30.5 Å². The SMILES string of the molecule is CCCCCC(=O)Oc1cc(C(=O)OCCC)cc(OC(=O)CCCCC)c1OC(=O)CCCCC. The Hall–Kier alpha value is -2.90. The summed E-state index contributed by atoms with van der Waals surface area (Å²) in [7, 11) is 0. The van der Waals surface area contributed by atoms with Crippen molar-refractivity contribution in [2.75, 3.05) is 6.61 Å². The standard InChI is InChI=1S/C28H42O8/c1-5-9-12-15-24(29)34-22-19-21(28(32)33-18-8-4)20-23(35-25(30)16-13-10-6-2)27(22)36-26(31)17-14-11-7-3/h19-20H,5-18H2,1-4H3. The second-order valence-corrected chi connectivity index (χ2v) is 8.73. The fourth-order valence-corrected chi connectivity index (χ4v) is 3.30. The van der Waals surface area contributed by atoms with E-state index in [4.69, 9.17) is 18.9 Å². The minimum absolute atomic E-state index is 0.0296. The summed E-state index contributed by atoms with van der Waals surface area (Å²) in [6, 6.07) is 2.58. The van der Waals surface area contributed by atoms with Crippen molar-refractivity contribution < 1.29 is 38.1 Å². The molecule has 1 aromatic carbocycles. The van der Waals surface area contributed by atoms with Crippen LogP contribution in [0.15, 0.2) is 12.1 Å². The number of hydrogen-bond donors (Lipinski definition) is 0. The van der Waals surface area contributed by atoms with Crippen molar-refractivity contribution in [1.29, 1.82) is 0 Å². The molecule has 0 aliphatic rings. The average molecular weight is 507 g/mol. The van der Waals surface area contributed by atoms with E-state index < -0.39 is 23.9 Å². The van der Waals surface area contributed by atoms with Gasteiger partial charge >= 0.3 is 23.9 Å². The van der Waals surface area contributed by atoms with Crippen LogP contribution in [-0.2, 0) is 19.1 Å². The van der Waals surface area contributed by atoms with Gasteiger partial charge in [0.05, 0.1) is 12.2 Å². The van der Waals surface area contributed by atoms with E-state index in [0.29, 0.717) is 25.7 Å². The summed E-state index contributed by atoms with van der Waals surface area (Å²) in [5.41, 5.74) is 0.0296. The van der Waals surface area contributed by atoms with Gasteiger partial charge in [0.15, 0.2) is 11.5 Å². The van der Waals surface area contributed by atoms with Crippen molar-refractivity contribution in [3.63, 3.8) is 0 Å². The van der Waals surface area contributed by atoms with Crippen molar-refractivity contribution in [2.45, 2.75) is 111 Å².